The Labute approximate surface area is 43.5 Å². The zero-order valence-corrected chi connectivity index (χ0v) is 4.73. The maximum atomic E-state index is 9.12. The van der Waals surface area contributed by atoms with Crippen molar-refractivity contribution in [1.29, 1.82) is 0 Å². The van der Waals surface area contributed by atoms with Crippen LogP contribution in [0.4, 0.5) is 0 Å². The summed E-state index contributed by atoms with van der Waals surface area (Å²) in [7, 11) is 0. The fraction of sp³-hybridized carbons (Fsp3) is 1.00. The van der Waals surface area contributed by atoms with Gasteiger partial charge < -0.3 is 10.4 Å². The first kappa shape index (κ1) is 5.06. The van der Waals surface area contributed by atoms with Crippen molar-refractivity contribution in [2.45, 2.75) is 25.5 Å². The lowest BCUT2D eigenvalue weighted by molar-refractivity contribution is -0.0335. The lowest BCUT2D eigenvalue weighted by Crippen LogP contribution is -2.64. The van der Waals surface area contributed by atoms with Crippen molar-refractivity contribution >= 4 is 0 Å². The molecule has 0 radical (unpaired) electrons. The van der Waals surface area contributed by atoms with Gasteiger partial charge in [-0.25, -0.2) is 0 Å². The van der Waals surface area contributed by atoms with Gasteiger partial charge in [0.15, 0.2) is 0 Å². The van der Waals surface area contributed by atoms with Crippen LogP contribution in [0.5, 0.6) is 0 Å². The SMILES string of the molecule is CC1NC[C@@]1(C)O. The molecule has 42 valence electrons. The van der Waals surface area contributed by atoms with E-state index in [1.165, 1.54) is 0 Å². The van der Waals surface area contributed by atoms with Crippen LogP contribution in [0, 0.1) is 0 Å². The minimum absolute atomic E-state index is 0.285. The van der Waals surface area contributed by atoms with E-state index in [1.807, 2.05) is 13.8 Å². The maximum Gasteiger partial charge on any atom is 0.0892 e. The molecule has 0 saturated carbocycles. The molecule has 0 aromatic rings. The number of rotatable bonds is 0. The number of hydrogen-bond donors (Lipinski definition) is 2. The van der Waals surface area contributed by atoms with Crippen molar-refractivity contribution in [2.24, 2.45) is 0 Å². The van der Waals surface area contributed by atoms with Gasteiger partial charge in [-0.15, -0.1) is 0 Å². The Bertz CT molecular complexity index is 80.1. The zero-order valence-electron chi connectivity index (χ0n) is 4.73. The third kappa shape index (κ3) is 0.640. The summed E-state index contributed by atoms with van der Waals surface area (Å²) in [5.74, 6) is 0. The smallest absolute Gasteiger partial charge is 0.0892 e. The third-order valence-electron chi connectivity index (χ3n) is 1.70. The topological polar surface area (TPSA) is 32.3 Å². The first-order valence-electron chi connectivity index (χ1n) is 2.59. The van der Waals surface area contributed by atoms with E-state index in [0.29, 0.717) is 0 Å². The molecule has 1 aliphatic rings. The largest absolute Gasteiger partial charge is 0.387 e. The average molecular weight is 101 g/mol. The van der Waals surface area contributed by atoms with Gasteiger partial charge in [0.1, 0.15) is 0 Å². The monoisotopic (exact) mass is 101 g/mol. The van der Waals surface area contributed by atoms with Gasteiger partial charge in [-0.2, -0.15) is 0 Å². The third-order valence-corrected chi connectivity index (χ3v) is 1.70. The van der Waals surface area contributed by atoms with Gasteiger partial charge in [0.25, 0.3) is 0 Å². The predicted molar refractivity (Wildman–Crippen MR) is 28.1 cm³/mol. The molecule has 2 nitrogen and oxygen atoms in total. The molecular formula is C5H11NO. The molecule has 1 fully saturated rings. The lowest BCUT2D eigenvalue weighted by Gasteiger charge is -2.41. The Balaban J connectivity index is 2.43. The summed E-state index contributed by atoms with van der Waals surface area (Å²) in [5.41, 5.74) is -0.431. The van der Waals surface area contributed by atoms with Gasteiger partial charge in [0, 0.05) is 12.6 Å². The molecule has 0 bridgehead atoms. The van der Waals surface area contributed by atoms with Crippen molar-refractivity contribution in [1.82, 2.24) is 5.32 Å². The Hall–Kier alpha value is -0.0800. The van der Waals surface area contributed by atoms with Gasteiger partial charge in [-0.05, 0) is 13.8 Å². The van der Waals surface area contributed by atoms with Crippen molar-refractivity contribution in [3.63, 3.8) is 0 Å². The van der Waals surface area contributed by atoms with E-state index in [0.717, 1.165) is 6.54 Å². The highest BCUT2D eigenvalue weighted by Gasteiger charge is 2.36. The highest BCUT2D eigenvalue weighted by molar-refractivity contribution is 4.96. The van der Waals surface area contributed by atoms with E-state index in [9.17, 15) is 0 Å². The van der Waals surface area contributed by atoms with E-state index in [4.69, 9.17) is 5.11 Å². The second-order valence-corrected chi connectivity index (χ2v) is 2.46. The van der Waals surface area contributed by atoms with E-state index in [2.05, 4.69) is 5.32 Å². The highest BCUT2D eigenvalue weighted by Crippen LogP contribution is 2.16. The van der Waals surface area contributed by atoms with Crippen LogP contribution in [0.25, 0.3) is 0 Å². The van der Waals surface area contributed by atoms with Crippen LogP contribution < -0.4 is 5.32 Å². The molecule has 0 spiro atoms. The van der Waals surface area contributed by atoms with Crippen molar-refractivity contribution in [2.75, 3.05) is 6.54 Å². The van der Waals surface area contributed by atoms with Gasteiger partial charge >= 0.3 is 0 Å². The van der Waals surface area contributed by atoms with Crippen LogP contribution in [0.3, 0.4) is 0 Å². The van der Waals surface area contributed by atoms with Crippen LogP contribution >= 0.6 is 0 Å². The molecule has 1 unspecified atom stereocenters. The fourth-order valence-electron chi connectivity index (χ4n) is 0.602. The molecule has 0 amide bonds. The van der Waals surface area contributed by atoms with Gasteiger partial charge in [0.05, 0.1) is 5.60 Å². The summed E-state index contributed by atoms with van der Waals surface area (Å²) in [6, 6.07) is 0.285. The average Bonchev–Trinajstić information content (AvgIpc) is 1.63. The van der Waals surface area contributed by atoms with Crippen molar-refractivity contribution in [3.8, 4) is 0 Å². The minimum Gasteiger partial charge on any atom is -0.387 e. The summed E-state index contributed by atoms with van der Waals surface area (Å²) < 4.78 is 0. The Kier molecular flexibility index (Phi) is 0.869. The van der Waals surface area contributed by atoms with Crippen LogP contribution in [-0.4, -0.2) is 23.3 Å². The predicted octanol–water partition coefficient (Wildman–Crippen LogP) is -0.271. The van der Waals surface area contributed by atoms with Crippen LogP contribution in [0.15, 0.2) is 0 Å². The lowest BCUT2D eigenvalue weighted by atomic mass is 9.90. The standard InChI is InChI=1S/C5H11NO/c1-4-5(2,7)3-6-4/h4,6-7H,3H2,1-2H3/t4?,5-/m1/s1. The molecule has 2 N–H and O–H groups in total. The molecule has 1 heterocycles. The quantitative estimate of drug-likeness (QED) is 0.440. The maximum absolute atomic E-state index is 9.12. The molecule has 0 aromatic heterocycles. The summed E-state index contributed by atoms with van der Waals surface area (Å²) in [6.07, 6.45) is 0. The molecule has 0 aliphatic carbocycles. The number of aliphatic hydroxyl groups is 1. The molecule has 7 heavy (non-hydrogen) atoms. The summed E-state index contributed by atoms with van der Waals surface area (Å²) >= 11 is 0. The first-order chi connectivity index (χ1) is 3.13. The second kappa shape index (κ2) is 1.20. The number of β-amino-alcohol motifs (C(OH)–C–C–N with tert-alkyl or cyclic N) is 1. The van der Waals surface area contributed by atoms with E-state index >= 15 is 0 Å². The fourth-order valence-corrected chi connectivity index (χ4v) is 0.602. The second-order valence-electron chi connectivity index (χ2n) is 2.46. The Morgan fingerprint density at radius 1 is 1.86 bits per heavy atom. The van der Waals surface area contributed by atoms with Gasteiger partial charge in [-0.1, -0.05) is 0 Å². The number of nitrogens with one attached hydrogen (secondary N) is 1. The van der Waals surface area contributed by atoms with Crippen molar-refractivity contribution < 1.29 is 5.11 Å². The molecule has 0 aromatic carbocycles. The van der Waals surface area contributed by atoms with Crippen LogP contribution in [0.2, 0.25) is 0 Å². The zero-order chi connectivity index (χ0) is 5.49. The normalized spacial score (nSPS) is 51.0. The molecule has 1 aliphatic heterocycles. The summed E-state index contributed by atoms with van der Waals surface area (Å²) in [5, 5.41) is 12.2. The summed E-state index contributed by atoms with van der Waals surface area (Å²) in [6.45, 7) is 4.56. The van der Waals surface area contributed by atoms with Crippen LogP contribution in [0.1, 0.15) is 13.8 Å². The Morgan fingerprint density at radius 2 is 2.29 bits per heavy atom. The molecule has 1 rings (SSSR count). The number of hydrogen-bond acceptors (Lipinski definition) is 2. The van der Waals surface area contributed by atoms with Gasteiger partial charge in [-0.3, -0.25) is 0 Å². The molecule has 2 heteroatoms. The van der Waals surface area contributed by atoms with Crippen molar-refractivity contribution in [3.05, 3.63) is 0 Å². The summed E-state index contributed by atoms with van der Waals surface area (Å²) in [4.78, 5) is 0. The van der Waals surface area contributed by atoms with E-state index in [1.54, 1.807) is 0 Å². The molecular weight excluding hydrogens is 90.1 g/mol. The molecule has 2 atom stereocenters. The first-order valence-corrected chi connectivity index (χ1v) is 2.59. The Morgan fingerprint density at radius 3 is 2.29 bits per heavy atom. The van der Waals surface area contributed by atoms with Gasteiger partial charge in [0.2, 0.25) is 0 Å². The van der Waals surface area contributed by atoms with Crippen LogP contribution in [-0.2, 0) is 0 Å². The van der Waals surface area contributed by atoms with E-state index < -0.39 is 5.60 Å². The molecule has 1 saturated heterocycles. The van der Waals surface area contributed by atoms with E-state index in [-0.39, 0.29) is 6.04 Å². The minimum atomic E-state index is -0.431. The highest BCUT2D eigenvalue weighted by atomic mass is 16.3.